The Hall–Kier alpha value is -2.18. The monoisotopic (exact) mass is 462 g/mol. The lowest BCUT2D eigenvalue weighted by molar-refractivity contribution is -0.160. The second kappa shape index (κ2) is 6.42. The van der Waals surface area contributed by atoms with E-state index in [0.717, 1.165) is 4.47 Å². The standard InChI is InChI=1S/C21H16BrClO5/c1-3-20(17(24)11-4-7-13(23)8-5-11)16-14-10-12(22)6-9-15(14)28-19(26)21(16,20)18(25)27-2/h4-10,16H,3H2,1-2H3/t16-,20-,21-/m0/s1. The molecule has 0 aromatic heterocycles. The van der Waals surface area contributed by atoms with Crippen LogP contribution in [0.25, 0.3) is 0 Å². The fraction of sp³-hybridized carbons (Fsp3) is 0.286. The van der Waals surface area contributed by atoms with Crippen LogP contribution in [0.2, 0.25) is 5.02 Å². The topological polar surface area (TPSA) is 69.7 Å². The quantitative estimate of drug-likeness (QED) is 0.288. The fourth-order valence-electron chi connectivity index (χ4n) is 4.71. The molecule has 4 rings (SSSR count). The van der Waals surface area contributed by atoms with E-state index in [1.54, 1.807) is 49.4 Å². The first-order valence-corrected chi connectivity index (χ1v) is 9.92. The minimum absolute atomic E-state index is 0.273. The van der Waals surface area contributed by atoms with Gasteiger partial charge in [-0.05, 0) is 48.9 Å². The van der Waals surface area contributed by atoms with Crippen molar-refractivity contribution in [2.75, 3.05) is 7.11 Å². The van der Waals surface area contributed by atoms with Crippen LogP contribution in [0.5, 0.6) is 5.75 Å². The lowest BCUT2D eigenvalue weighted by Gasteiger charge is -2.22. The van der Waals surface area contributed by atoms with Crippen molar-refractivity contribution in [1.29, 1.82) is 0 Å². The van der Waals surface area contributed by atoms with Crippen LogP contribution in [-0.4, -0.2) is 24.8 Å². The van der Waals surface area contributed by atoms with Crippen LogP contribution in [0.15, 0.2) is 46.9 Å². The van der Waals surface area contributed by atoms with Crippen LogP contribution in [0, 0.1) is 10.8 Å². The maximum atomic E-state index is 13.6. The van der Waals surface area contributed by atoms with Crippen LogP contribution < -0.4 is 4.74 Å². The van der Waals surface area contributed by atoms with Gasteiger partial charge in [-0.25, -0.2) is 0 Å². The van der Waals surface area contributed by atoms with Crippen LogP contribution >= 0.6 is 27.5 Å². The molecule has 7 heteroatoms. The van der Waals surface area contributed by atoms with Crippen molar-refractivity contribution in [3.8, 4) is 5.75 Å². The molecule has 28 heavy (non-hydrogen) atoms. The molecule has 5 nitrogen and oxygen atoms in total. The Kier molecular flexibility index (Phi) is 4.39. The highest BCUT2D eigenvalue weighted by atomic mass is 79.9. The molecule has 1 aliphatic carbocycles. The van der Waals surface area contributed by atoms with Crippen molar-refractivity contribution in [2.45, 2.75) is 19.3 Å². The molecule has 0 spiro atoms. The van der Waals surface area contributed by atoms with E-state index >= 15 is 0 Å². The van der Waals surface area contributed by atoms with Gasteiger partial charge in [0, 0.05) is 26.5 Å². The van der Waals surface area contributed by atoms with Gasteiger partial charge in [0.2, 0.25) is 0 Å². The maximum absolute atomic E-state index is 13.6. The molecule has 0 unspecified atom stereocenters. The number of carbonyl (C=O) groups is 3. The summed E-state index contributed by atoms with van der Waals surface area (Å²) in [4.78, 5) is 39.6. The van der Waals surface area contributed by atoms with Gasteiger partial charge in [-0.1, -0.05) is 34.5 Å². The number of fused-ring (bicyclic) bond motifs is 3. The fourth-order valence-corrected chi connectivity index (χ4v) is 5.21. The van der Waals surface area contributed by atoms with E-state index in [1.165, 1.54) is 7.11 Å². The molecule has 2 aromatic rings. The molecule has 144 valence electrons. The van der Waals surface area contributed by atoms with Crippen LogP contribution in [0.1, 0.15) is 35.2 Å². The van der Waals surface area contributed by atoms with Crippen molar-refractivity contribution in [3.63, 3.8) is 0 Å². The molecule has 1 fully saturated rings. The zero-order chi connectivity index (χ0) is 20.3. The molecule has 2 aliphatic rings. The van der Waals surface area contributed by atoms with E-state index in [-0.39, 0.29) is 12.2 Å². The molecule has 0 amide bonds. The average Bonchev–Trinajstić information content (AvgIpc) is 3.35. The molecule has 0 N–H and O–H groups in total. The molecule has 1 aliphatic heterocycles. The zero-order valence-corrected chi connectivity index (χ0v) is 17.5. The minimum atomic E-state index is -1.69. The predicted octanol–water partition coefficient (Wildman–Crippen LogP) is 4.56. The second-order valence-electron chi connectivity index (χ2n) is 6.97. The maximum Gasteiger partial charge on any atom is 0.330 e. The van der Waals surface area contributed by atoms with Gasteiger partial charge in [0.25, 0.3) is 0 Å². The number of hydrogen-bond acceptors (Lipinski definition) is 5. The van der Waals surface area contributed by atoms with E-state index in [0.29, 0.717) is 21.9 Å². The first kappa shape index (κ1) is 19.2. The Morgan fingerprint density at radius 2 is 1.89 bits per heavy atom. The van der Waals surface area contributed by atoms with E-state index in [4.69, 9.17) is 21.1 Å². The summed E-state index contributed by atoms with van der Waals surface area (Å²) in [5, 5.41) is 0.492. The van der Waals surface area contributed by atoms with E-state index < -0.39 is 28.7 Å². The summed E-state index contributed by atoms with van der Waals surface area (Å²) in [7, 11) is 1.21. The number of ether oxygens (including phenoxy) is 2. The van der Waals surface area contributed by atoms with Crippen LogP contribution in [0.4, 0.5) is 0 Å². The number of Topliss-reactive ketones (excluding diaryl/α,β-unsaturated/α-hetero) is 1. The minimum Gasteiger partial charge on any atom is -0.468 e. The van der Waals surface area contributed by atoms with E-state index in [1.807, 2.05) is 0 Å². The summed E-state index contributed by atoms with van der Waals surface area (Å²) in [5.74, 6) is -2.10. The number of ketones is 1. The number of carbonyl (C=O) groups excluding carboxylic acids is 3. The third kappa shape index (κ3) is 2.22. The Balaban J connectivity index is 1.95. The highest BCUT2D eigenvalue weighted by molar-refractivity contribution is 9.10. The van der Waals surface area contributed by atoms with Gasteiger partial charge in [0.1, 0.15) is 5.75 Å². The molecule has 1 saturated carbocycles. The number of benzene rings is 2. The molecule has 0 radical (unpaired) electrons. The number of esters is 2. The van der Waals surface area contributed by atoms with Crippen LogP contribution in [0.3, 0.4) is 0 Å². The lowest BCUT2D eigenvalue weighted by atomic mass is 9.83. The Morgan fingerprint density at radius 3 is 2.50 bits per heavy atom. The van der Waals surface area contributed by atoms with Crippen molar-refractivity contribution < 1.29 is 23.9 Å². The van der Waals surface area contributed by atoms with Gasteiger partial charge in [-0.15, -0.1) is 0 Å². The predicted molar refractivity (Wildman–Crippen MR) is 105 cm³/mol. The summed E-state index contributed by atoms with van der Waals surface area (Å²) in [6.45, 7) is 1.79. The van der Waals surface area contributed by atoms with Gasteiger partial charge in [-0.2, -0.15) is 0 Å². The second-order valence-corrected chi connectivity index (χ2v) is 8.32. The van der Waals surface area contributed by atoms with E-state index in [9.17, 15) is 14.4 Å². The highest BCUT2D eigenvalue weighted by Gasteiger charge is 2.90. The average molecular weight is 464 g/mol. The summed E-state index contributed by atoms with van der Waals surface area (Å²) in [5.41, 5.74) is -1.95. The molecular formula is C21H16BrClO5. The van der Waals surface area contributed by atoms with Crippen molar-refractivity contribution in [1.82, 2.24) is 0 Å². The summed E-state index contributed by atoms with van der Waals surface area (Å²) >= 11 is 9.36. The smallest absolute Gasteiger partial charge is 0.330 e. The Bertz CT molecular complexity index is 1020. The van der Waals surface area contributed by atoms with Gasteiger partial charge in [-0.3, -0.25) is 14.4 Å². The SMILES string of the molecule is CC[C@@]1(C(=O)c2ccc(Cl)cc2)[C@@H]2c3cc(Br)ccc3OC(=O)[C@@]21C(=O)OC. The lowest BCUT2D eigenvalue weighted by Crippen LogP contribution is -2.40. The van der Waals surface area contributed by atoms with Crippen LogP contribution in [-0.2, 0) is 14.3 Å². The van der Waals surface area contributed by atoms with Crippen molar-refractivity contribution in [3.05, 3.63) is 63.1 Å². The molecule has 2 aromatic carbocycles. The first-order valence-electron chi connectivity index (χ1n) is 8.75. The largest absolute Gasteiger partial charge is 0.468 e. The Morgan fingerprint density at radius 1 is 1.21 bits per heavy atom. The van der Waals surface area contributed by atoms with Gasteiger partial charge in [0.05, 0.1) is 12.5 Å². The Labute approximate surface area is 175 Å². The third-order valence-corrected chi connectivity index (χ3v) is 6.68. The molecule has 0 saturated heterocycles. The molecule has 3 atom stereocenters. The number of halogens is 2. The van der Waals surface area contributed by atoms with Gasteiger partial charge < -0.3 is 9.47 Å². The normalized spacial score (nSPS) is 27.3. The van der Waals surface area contributed by atoms with Gasteiger partial charge >= 0.3 is 11.9 Å². The number of hydrogen-bond donors (Lipinski definition) is 0. The number of rotatable bonds is 4. The van der Waals surface area contributed by atoms with E-state index in [2.05, 4.69) is 15.9 Å². The highest BCUT2D eigenvalue weighted by Crippen LogP contribution is 2.80. The molecule has 0 bridgehead atoms. The summed E-state index contributed by atoms with van der Waals surface area (Å²) < 4.78 is 11.2. The van der Waals surface area contributed by atoms with Crippen molar-refractivity contribution >= 4 is 45.3 Å². The summed E-state index contributed by atoms with van der Waals surface area (Å²) in [6, 6.07) is 11.6. The third-order valence-electron chi connectivity index (χ3n) is 5.93. The molecular weight excluding hydrogens is 448 g/mol. The molecule has 1 heterocycles. The zero-order valence-electron chi connectivity index (χ0n) is 15.1. The van der Waals surface area contributed by atoms with Gasteiger partial charge in [0.15, 0.2) is 11.2 Å². The number of methoxy groups -OCH3 is 1. The van der Waals surface area contributed by atoms with Crippen molar-refractivity contribution in [2.24, 2.45) is 10.8 Å². The summed E-state index contributed by atoms with van der Waals surface area (Å²) in [6.07, 6.45) is 0.273. The first-order chi connectivity index (χ1) is 13.3.